The van der Waals surface area contributed by atoms with Gasteiger partial charge in [0, 0.05) is 19.5 Å². The molecule has 1 fully saturated rings. The number of benzene rings is 2. The molecule has 0 spiro atoms. The molecule has 0 aromatic heterocycles. The van der Waals surface area contributed by atoms with Gasteiger partial charge in [-0.15, -0.1) is 5.10 Å². The SMILES string of the molecule is CCCC1=NN(S(=O)(=O)c2ccc(C)cc2)C2(C)CN(S(=O)(=O)c3ccc(C)cc3)CCN12. The number of nitrogens with zero attached hydrogens (tertiary/aromatic N) is 4. The summed E-state index contributed by atoms with van der Waals surface area (Å²) >= 11 is 0. The first-order valence-corrected chi connectivity index (χ1v) is 13.9. The molecule has 10 heteroatoms. The lowest BCUT2D eigenvalue weighted by Gasteiger charge is -2.47. The van der Waals surface area contributed by atoms with Crippen molar-refractivity contribution in [3.8, 4) is 0 Å². The van der Waals surface area contributed by atoms with Gasteiger partial charge in [-0.3, -0.25) is 0 Å². The van der Waals surface area contributed by atoms with Crippen LogP contribution in [0.25, 0.3) is 0 Å². The molecule has 0 N–H and O–H groups in total. The van der Waals surface area contributed by atoms with Crippen LogP contribution in [0.5, 0.6) is 0 Å². The maximum Gasteiger partial charge on any atom is 0.281 e. The van der Waals surface area contributed by atoms with Gasteiger partial charge in [0.25, 0.3) is 10.0 Å². The largest absolute Gasteiger partial charge is 0.331 e. The van der Waals surface area contributed by atoms with Gasteiger partial charge < -0.3 is 4.90 Å². The number of hydrogen-bond acceptors (Lipinski definition) is 6. The minimum absolute atomic E-state index is 0.0228. The van der Waals surface area contributed by atoms with E-state index in [0.29, 0.717) is 18.8 Å². The van der Waals surface area contributed by atoms with E-state index in [9.17, 15) is 16.8 Å². The Hall–Kier alpha value is -2.43. The summed E-state index contributed by atoms with van der Waals surface area (Å²) in [6, 6.07) is 13.3. The normalized spacial score (nSPS) is 21.8. The Labute approximate surface area is 196 Å². The predicted octanol–water partition coefficient (Wildman–Crippen LogP) is 3.14. The summed E-state index contributed by atoms with van der Waals surface area (Å²) in [5, 5.41) is 4.53. The van der Waals surface area contributed by atoms with Crippen LogP contribution in [0.3, 0.4) is 0 Å². The molecule has 2 aromatic rings. The predicted molar refractivity (Wildman–Crippen MR) is 128 cm³/mol. The molecule has 0 bridgehead atoms. The fourth-order valence-corrected chi connectivity index (χ4v) is 7.45. The fraction of sp³-hybridized carbons (Fsp3) is 0.435. The number of sulfonamides is 2. The van der Waals surface area contributed by atoms with Crippen molar-refractivity contribution >= 4 is 25.9 Å². The molecule has 1 saturated heterocycles. The lowest BCUT2D eigenvalue weighted by atomic mass is 10.1. The zero-order valence-corrected chi connectivity index (χ0v) is 21.0. The first kappa shape index (κ1) is 23.7. The number of fused-ring (bicyclic) bond motifs is 1. The molecule has 178 valence electrons. The first-order valence-electron chi connectivity index (χ1n) is 11.0. The van der Waals surface area contributed by atoms with Gasteiger partial charge in [-0.05, 0) is 51.5 Å². The quantitative estimate of drug-likeness (QED) is 0.621. The minimum Gasteiger partial charge on any atom is -0.331 e. The van der Waals surface area contributed by atoms with Crippen LogP contribution >= 0.6 is 0 Å². The maximum absolute atomic E-state index is 13.6. The van der Waals surface area contributed by atoms with Crippen LogP contribution < -0.4 is 0 Å². The van der Waals surface area contributed by atoms with Gasteiger partial charge in [-0.1, -0.05) is 42.3 Å². The van der Waals surface area contributed by atoms with Gasteiger partial charge in [0.15, 0.2) is 5.66 Å². The Kier molecular flexibility index (Phi) is 6.05. The summed E-state index contributed by atoms with van der Waals surface area (Å²) in [6.07, 6.45) is 1.41. The second-order valence-corrected chi connectivity index (χ2v) is 12.6. The van der Waals surface area contributed by atoms with Crippen LogP contribution in [0, 0.1) is 13.8 Å². The van der Waals surface area contributed by atoms with E-state index in [1.54, 1.807) is 55.5 Å². The van der Waals surface area contributed by atoms with Crippen molar-refractivity contribution in [1.29, 1.82) is 0 Å². The Morgan fingerprint density at radius 1 is 0.848 bits per heavy atom. The van der Waals surface area contributed by atoms with E-state index in [1.807, 2.05) is 25.7 Å². The molecular formula is C23H30N4O4S2. The monoisotopic (exact) mass is 490 g/mol. The van der Waals surface area contributed by atoms with Crippen LogP contribution in [0.4, 0.5) is 0 Å². The Balaban J connectivity index is 1.74. The smallest absolute Gasteiger partial charge is 0.281 e. The molecule has 8 nitrogen and oxygen atoms in total. The summed E-state index contributed by atoms with van der Waals surface area (Å²) in [7, 11) is -7.78. The van der Waals surface area contributed by atoms with E-state index >= 15 is 0 Å². The topological polar surface area (TPSA) is 90.4 Å². The lowest BCUT2D eigenvalue weighted by Crippen LogP contribution is -2.66. The van der Waals surface area contributed by atoms with Gasteiger partial charge in [0.1, 0.15) is 5.84 Å². The molecule has 0 amide bonds. The second kappa shape index (κ2) is 8.41. The van der Waals surface area contributed by atoms with Crippen LogP contribution in [0.15, 0.2) is 63.4 Å². The third-order valence-corrected chi connectivity index (χ3v) is 9.90. The average molecular weight is 491 g/mol. The first-order chi connectivity index (χ1) is 15.5. The summed E-state index contributed by atoms with van der Waals surface area (Å²) in [5.74, 6) is 0.670. The van der Waals surface area contributed by atoms with Crippen molar-refractivity contribution in [2.24, 2.45) is 5.10 Å². The molecule has 2 aliphatic rings. The molecule has 2 aliphatic heterocycles. The average Bonchev–Trinajstić information content (AvgIpc) is 3.07. The molecule has 2 heterocycles. The molecule has 4 rings (SSSR count). The maximum atomic E-state index is 13.6. The van der Waals surface area contributed by atoms with E-state index < -0.39 is 25.7 Å². The molecule has 0 radical (unpaired) electrons. The minimum atomic E-state index is -3.99. The van der Waals surface area contributed by atoms with Crippen LogP contribution in [-0.4, -0.2) is 61.6 Å². The highest BCUT2D eigenvalue weighted by Gasteiger charge is 2.54. The highest BCUT2D eigenvalue weighted by atomic mass is 32.2. The summed E-state index contributed by atoms with van der Waals surface area (Å²) < 4.78 is 56.6. The van der Waals surface area contributed by atoms with E-state index in [2.05, 4.69) is 5.10 Å². The zero-order valence-electron chi connectivity index (χ0n) is 19.4. The van der Waals surface area contributed by atoms with E-state index in [1.165, 1.54) is 4.31 Å². The third-order valence-electron chi connectivity index (χ3n) is 6.24. The number of aryl methyl sites for hydroxylation is 2. The van der Waals surface area contributed by atoms with E-state index in [0.717, 1.165) is 22.0 Å². The highest BCUT2D eigenvalue weighted by molar-refractivity contribution is 7.89. The van der Waals surface area contributed by atoms with Crippen LogP contribution in [0.2, 0.25) is 0 Å². The molecule has 0 saturated carbocycles. The van der Waals surface area contributed by atoms with Gasteiger partial charge in [0.05, 0.1) is 16.3 Å². The lowest BCUT2D eigenvalue weighted by molar-refractivity contribution is 0.0352. The van der Waals surface area contributed by atoms with Gasteiger partial charge in [-0.2, -0.15) is 17.1 Å². The van der Waals surface area contributed by atoms with Crippen LogP contribution in [-0.2, 0) is 20.0 Å². The number of piperazine rings is 1. The van der Waals surface area contributed by atoms with Crippen molar-refractivity contribution in [2.75, 3.05) is 19.6 Å². The van der Waals surface area contributed by atoms with E-state index in [4.69, 9.17) is 0 Å². The number of amidine groups is 1. The van der Waals surface area contributed by atoms with Gasteiger partial charge in [0.2, 0.25) is 10.0 Å². The van der Waals surface area contributed by atoms with E-state index in [-0.39, 0.29) is 22.9 Å². The Morgan fingerprint density at radius 2 is 1.36 bits per heavy atom. The summed E-state index contributed by atoms with van der Waals surface area (Å²) in [6.45, 7) is 8.14. The Morgan fingerprint density at radius 3 is 1.88 bits per heavy atom. The third kappa shape index (κ3) is 4.04. The molecular weight excluding hydrogens is 460 g/mol. The number of rotatable bonds is 6. The van der Waals surface area contributed by atoms with Gasteiger partial charge in [-0.25, -0.2) is 8.42 Å². The summed E-state index contributed by atoms with van der Waals surface area (Å²) in [4.78, 5) is 2.28. The zero-order chi connectivity index (χ0) is 24.0. The van der Waals surface area contributed by atoms with Crippen molar-refractivity contribution in [3.05, 3.63) is 59.7 Å². The van der Waals surface area contributed by atoms with Crippen molar-refractivity contribution < 1.29 is 16.8 Å². The standard InChI is InChI=1S/C23H30N4O4S2/c1-5-6-22-24-27(33(30,31)21-13-9-19(3)10-14-21)23(4)17-25(15-16-26(22)23)32(28,29)20-11-7-18(2)8-12-20/h7-14H,5-6,15-17H2,1-4H3. The molecule has 0 aliphatic carbocycles. The molecule has 33 heavy (non-hydrogen) atoms. The van der Waals surface area contributed by atoms with Gasteiger partial charge >= 0.3 is 0 Å². The molecule has 1 atom stereocenters. The summed E-state index contributed by atoms with van der Waals surface area (Å²) in [5.41, 5.74) is 0.755. The fourth-order valence-electron chi connectivity index (χ4n) is 4.38. The second-order valence-electron chi connectivity index (χ2n) is 8.85. The van der Waals surface area contributed by atoms with Crippen molar-refractivity contribution in [1.82, 2.24) is 13.6 Å². The number of hydrazone groups is 1. The number of hydrogen-bond donors (Lipinski definition) is 0. The van der Waals surface area contributed by atoms with Crippen LogP contribution in [0.1, 0.15) is 37.8 Å². The Bertz CT molecular complexity index is 1270. The van der Waals surface area contributed by atoms with Crippen molar-refractivity contribution in [2.45, 2.75) is 56.0 Å². The molecule has 1 unspecified atom stereocenters. The highest BCUT2D eigenvalue weighted by Crippen LogP contribution is 2.38. The molecule has 2 aromatic carbocycles. The van der Waals surface area contributed by atoms with Crippen molar-refractivity contribution in [3.63, 3.8) is 0 Å².